The van der Waals surface area contributed by atoms with Crippen molar-refractivity contribution in [3.8, 4) is 0 Å². The number of hydrogen-bond donors (Lipinski definition) is 2. The van der Waals surface area contributed by atoms with E-state index in [0.29, 0.717) is 12.2 Å². The number of carbonyl (C=O) groups excluding carboxylic acids is 1. The Morgan fingerprint density at radius 2 is 2.25 bits per heavy atom. The topological polar surface area (TPSA) is 107 Å². The molecule has 2 aromatic rings. The number of aromatic nitrogens is 2. The van der Waals surface area contributed by atoms with E-state index in [-0.39, 0.29) is 6.10 Å². The largest absolute Gasteiger partial charge is 0.444 e. The molecule has 104 valence electrons. The lowest BCUT2D eigenvalue weighted by Crippen LogP contribution is -2.27. The SMILES string of the molecule is NC(=O)OC1CCN(c2ncnc3cc(N)ccc23)C1. The highest BCUT2D eigenvalue weighted by molar-refractivity contribution is 5.91. The molecule has 1 aromatic heterocycles. The average molecular weight is 273 g/mol. The molecular formula is C13H15N5O2. The van der Waals surface area contributed by atoms with Gasteiger partial charge in [-0.1, -0.05) is 0 Å². The van der Waals surface area contributed by atoms with E-state index < -0.39 is 6.09 Å². The predicted octanol–water partition coefficient (Wildman–Crippen LogP) is 0.886. The highest BCUT2D eigenvalue weighted by Crippen LogP contribution is 2.27. The number of benzene rings is 1. The minimum absolute atomic E-state index is 0.189. The molecule has 0 spiro atoms. The van der Waals surface area contributed by atoms with E-state index in [2.05, 4.69) is 14.9 Å². The molecule has 0 aliphatic carbocycles. The van der Waals surface area contributed by atoms with Crippen LogP contribution in [0, 0.1) is 0 Å². The lowest BCUT2D eigenvalue weighted by Gasteiger charge is -2.18. The maximum atomic E-state index is 10.8. The van der Waals surface area contributed by atoms with E-state index in [0.717, 1.165) is 29.7 Å². The Balaban J connectivity index is 1.90. The number of nitrogens with two attached hydrogens (primary N) is 2. The van der Waals surface area contributed by atoms with Crippen LogP contribution in [0.5, 0.6) is 0 Å². The first kappa shape index (κ1) is 12.5. The fraction of sp³-hybridized carbons (Fsp3) is 0.308. The Kier molecular flexibility index (Phi) is 3.02. The summed E-state index contributed by atoms with van der Waals surface area (Å²) in [4.78, 5) is 21.4. The van der Waals surface area contributed by atoms with E-state index in [1.165, 1.54) is 6.33 Å². The first-order valence-corrected chi connectivity index (χ1v) is 6.35. The third-order valence-electron chi connectivity index (χ3n) is 3.37. The molecule has 1 unspecified atom stereocenters. The number of carbonyl (C=O) groups is 1. The van der Waals surface area contributed by atoms with Gasteiger partial charge in [0.05, 0.1) is 12.1 Å². The van der Waals surface area contributed by atoms with Crippen LogP contribution < -0.4 is 16.4 Å². The number of nitrogens with zero attached hydrogens (tertiary/aromatic N) is 3. The lowest BCUT2D eigenvalue weighted by atomic mass is 10.2. The predicted molar refractivity (Wildman–Crippen MR) is 75.2 cm³/mol. The number of hydrogen-bond acceptors (Lipinski definition) is 6. The number of primary amides is 1. The van der Waals surface area contributed by atoms with E-state index in [4.69, 9.17) is 16.2 Å². The Morgan fingerprint density at radius 1 is 1.40 bits per heavy atom. The van der Waals surface area contributed by atoms with Crippen molar-refractivity contribution in [1.29, 1.82) is 0 Å². The minimum atomic E-state index is -0.739. The number of anilines is 2. The molecule has 4 N–H and O–H groups in total. The number of nitrogen functional groups attached to an aromatic ring is 1. The summed E-state index contributed by atoms with van der Waals surface area (Å²) < 4.78 is 5.03. The van der Waals surface area contributed by atoms with Gasteiger partial charge in [0.2, 0.25) is 0 Å². The zero-order chi connectivity index (χ0) is 14.1. The van der Waals surface area contributed by atoms with Crippen molar-refractivity contribution in [2.24, 2.45) is 5.73 Å². The molecule has 1 saturated heterocycles. The summed E-state index contributed by atoms with van der Waals surface area (Å²) in [5, 5.41) is 0.932. The third kappa shape index (κ3) is 2.29. The first-order valence-electron chi connectivity index (χ1n) is 6.35. The second-order valence-electron chi connectivity index (χ2n) is 4.77. The maximum Gasteiger partial charge on any atom is 0.404 e. The van der Waals surface area contributed by atoms with Gasteiger partial charge in [0.1, 0.15) is 18.2 Å². The molecule has 0 bridgehead atoms. The van der Waals surface area contributed by atoms with Crippen molar-refractivity contribution in [2.45, 2.75) is 12.5 Å². The quantitative estimate of drug-likeness (QED) is 0.787. The number of rotatable bonds is 2. The molecule has 1 aliphatic heterocycles. The standard InChI is InChI=1S/C13H15N5O2/c14-8-1-2-10-11(5-8)16-7-17-12(10)18-4-3-9(6-18)20-13(15)19/h1-2,5,7,9H,3-4,6,14H2,(H2,15,19). The molecule has 0 saturated carbocycles. The summed E-state index contributed by atoms with van der Waals surface area (Å²) in [6, 6.07) is 5.54. The fourth-order valence-electron chi connectivity index (χ4n) is 2.49. The van der Waals surface area contributed by atoms with Gasteiger partial charge in [0, 0.05) is 24.0 Å². The second kappa shape index (κ2) is 4.84. The monoisotopic (exact) mass is 273 g/mol. The van der Waals surface area contributed by atoms with E-state index in [1.54, 1.807) is 0 Å². The summed E-state index contributed by atoms with van der Waals surface area (Å²) in [6.45, 7) is 1.34. The van der Waals surface area contributed by atoms with Gasteiger partial charge in [0.15, 0.2) is 0 Å². The van der Waals surface area contributed by atoms with Crippen molar-refractivity contribution < 1.29 is 9.53 Å². The van der Waals surface area contributed by atoms with Crippen molar-refractivity contribution in [2.75, 3.05) is 23.7 Å². The molecule has 3 rings (SSSR count). The molecule has 1 atom stereocenters. The molecule has 1 fully saturated rings. The average Bonchev–Trinajstić information content (AvgIpc) is 2.85. The van der Waals surface area contributed by atoms with Crippen LogP contribution in [-0.4, -0.2) is 35.3 Å². The van der Waals surface area contributed by atoms with Gasteiger partial charge in [-0.15, -0.1) is 0 Å². The molecule has 7 heteroatoms. The molecule has 1 amide bonds. The van der Waals surface area contributed by atoms with Crippen LogP contribution in [0.4, 0.5) is 16.3 Å². The normalized spacial score (nSPS) is 18.4. The van der Waals surface area contributed by atoms with Crippen LogP contribution in [0.3, 0.4) is 0 Å². The van der Waals surface area contributed by atoms with Gasteiger partial charge >= 0.3 is 6.09 Å². The fourth-order valence-corrected chi connectivity index (χ4v) is 2.49. The van der Waals surface area contributed by atoms with Gasteiger partial charge in [-0.25, -0.2) is 14.8 Å². The van der Waals surface area contributed by atoms with Crippen LogP contribution in [-0.2, 0) is 4.74 Å². The summed E-state index contributed by atoms with van der Waals surface area (Å²) in [6.07, 6.45) is 1.33. The summed E-state index contributed by atoms with van der Waals surface area (Å²) in [7, 11) is 0. The Morgan fingerprint density at radius 3 is 3.05 bits per heavy atom. The van der Waals surface area contributed by atoms with Crippen LogP contribution >= 0.6 is 0 Å². The number of amides is 1. The molecule has 1 aliphatic rings. The smallest absolute Gasteiger partial charge is 0.404 e. The highest BCUT2D eigenvalue weighted by Gasteiger charge is 2.27. The highest BCUT2D eigenvalue weighted by atomic mass is 16.6. The van der Waals surface area contributed by atoms with Crippen molar-refractivity contribution in [1.82, 2.24) is 9.97 Å². The lowest BCUT2D eigenvalue weighted by molar-refractivity contribution is 0.117. The van der Waals surface area contributed by atoms with Gasteiger partial charge in [0.25, 0.3) is 0 Å². The Hall–Kier alpha value is -2.57. The summed E-state index contributed by atoms with van der Waals surface area (Å²) in [5.41, 5.74) is 12.3. The molecule has 20 heavy (non-hydrogen) atoms. The zero-order valence-corrected chi connectivity index (χ0v) is 10.8. The third-order valence-corrected chi connectivity index (χ3v) is 3.37. The maximum absolute atomic E-state index is 10.8. The second-order valence-corrected chi connectivity index (χ2v) is 4.77. The van der Waals surface area contributed by atoms with Crippen molar-refractivity contribution >= 4 is 28.5 Å². The molecule has 2 heterocycles. The van der Waals surface area contributed by atoms with Crippen LogP contribution in [0.25, 0.3) is 10.9 Å². The molecule has 7 nitrogen and oxygen atoms in total. The van der Waals surface area contributed by atoms with Gasteiger partial charge < -0.3 is 21.1 Å². The molecule has 1 aromatic carbocycles. The first-order chi connectivity index (χ1) is 9.63. The molecule has 0 radical (unpaired) electrons. The Labute approximate surface area is 115 Å². The van der Waals surface area contributed by atoms with Gasteiger partial charge in [-0.05, 0) is 18.2 Å². The van der Waals surface area contributed by atoms with Crippen LogP contribution in [0.15, 0.2) is 24.5 Å². The van der Waals surface area contributed by atoms with E-state index >= 15 is 0 Å². The van der Waals surface area contributed by atoms with Crippen molar-refractivity contribution in [3.05, 3.63) is 24.5 Å². The van der Waals surface area contributed by atoms with Gasteiger partial charge in [-0.3, -0.25) is 0 Å². The zero-order valence-electron chi connectivity index (χ0n) is 10.8. The van der Waals surface area contributed by atoms with E-state index in [1.807, 2.05) is 18.2 Å². The number of ether oxygens (including phenoxy) is 1. The Bertz CT molecular complexity index is 660. The molecular weight excluding hydrogens is 258 g/mol. The van der Waals surface area contributed by atoms with Crippen LogP contribution in [0.1, 0.15) is 6.42 Å². The van der Waals surface area contributed by atoms with E-state index in [9.17, 15) is 4.79 Å². The minimum Gasteiger partial charge on any atom is -0.444 e. The van der Waals surface area contributed by atoms with Gasteiger partial charge in [-0.2, -0.15) is 0 Å². The number of fused-ring (bicyclic) bond motifs is 1. The summed E-state index contributed by atoms with van der Waals surface area (Å²) in [5.74, 6) is 0.825. The van der Waals surface area contributed by atoms with Crippen molar-refractivity contribution in [3.63, 3.8) is 0 Å². The van der Waals surface area contributed by atoms with Crippen LogP contribution in [0.2, 0.25) is 0 Å². The summed E-state index contributed by atoms with van der Waals surface area (Å²) >= 11 is 0.